The van der Waals surface area contributed by atoms with Gasteiger partial charge in [-0.05, 0) is 128 Å². The minimum absolute atomic E-state index is 0.103. The van der Waals surface area contributed by atoms with Crippen LogP contribution in [-0.2, 0) is 6.42 Å². The van der Waals surface area contributed by atoms with Gasteiger partial charge in [-0.3, -0.25) is 5.32 Å². The summed E-state index contributed by atoms with van der Waals surface area (Å²) < 4.78 is 5.67. The van der Waals surface area contributed by atoms with Gasteiger partial charge in [0.05, 0.1) is 6.10 Å². The Morgan fingerprint density at radius 1 is 1.03 bits per heavy atom. The molecule has 2 aromatic rings. The van der Waals surface area contributed by atoms with Gasteiger partial charge in [0.15, 0.2) is 0 Å². The molecular weight excluding hydrogens is 436 g/mol. The molecule has 4 aliphatic rings. The fraction of sp³-hybridized carbons (Fsp3) is 0.567. The van der Waals surface area contributed by atoms with Gasteiger partial charge in [-0.25, -0.2) is 4.79 Å². The number of fused-ring (bicyclic) bond motifs is 5. The summed E-state index contributed by atoms with van der Waals surface area (Å²) in [6.07, 6.45) is 9.80. The van der Waals surface area contributed by atoms with E-state index >= 15 is 0 Å². The zero-order valence-electron chi connectivity index (χ0n) is 20.8. The topological polar surface area (TPSA) is 61.8 Å². The molecule has 2 saturated carbocycles. The molecular formula is C30H38N2O3. The molecule has 6 rings (SSSR count). The number of rotatable bonds is 3. The van der Waals surface area contributed by atoms with E-state index in [4.69, 9.17) is 4.74 Å². The van der Waals surface area contributed by atoms with Crippen molar-refractivity contribution in [1.29, 1.82) is 0 Å². The van der Waals surface area contributed by atoms with Crippen LogP contribution in [0.25, 0.3) is 0 Å². The van der Waals surface area contributed by atoms with E-state index in [2.05, 4.69) is 41.4 Å². The lowest BCUT2D eigenvalue weighted by Crippen LogP contribution is -2.43. The van der Waals surface area contributed by atoms with E-state index in [9.17, 15) is 9.90 Å². The number of aliphatic hydroxyl groups excluding tert-OH is 1. The van der Waals surface area contributed by atoms with Crippen molar-refractivity contribution in [2.45, 2.75) is 76.7 Å². The number of anilines is 2. The summed E-state index contributed by atoms with van der Waals surface area (Å²) in [7, 11) is 0. The number of aliphatic hydroxyl groups is 1. The van der Waals surface area contributed by atoms with Gasteiger partial charge < -0.3 is 14.7 Å². The number of piperidine rings is 1. The van der Waals surface area contributed by atoms with Gasteiger partial charge in [-0.1, -0.05) is 13.0 Å². The van der Waals surface area contributed by atoms with Crippen LogP contribution in [0.5, 0.6) is 5.75 Å². The van der Waals surface area contributed by atoms with E-state index < -0.39 is 6.09 Å². The lowest BCUT2D eigenvalue weighted by Gasteiger charge is -2.50. The van der Waals surface area contributed by atoms with E-state index in [-0.39, 0.29) is 11.5 Å². The lowest BCUT2D eigenvalue weighted by molar-refractivity contribution is -0.0226. The van der Waals surface area contributed by atoms with E-state index in [1.54, 1.807) is 0 Å². The van der Waals surface area contributed by atoms with Gasteiger partial charge in [-0.15, -0.1) is 0 Å². The average molecular weight is 475 g/mol. The fourth-order valence-corrected chi connectivity index (χ4v) is 7.75. The van der Waals surface area contributed by atoms with Crippen molar-refractivity contribution in [2.75, 3.05) is 23.3 Å². The molecule has 1 heterocycles. The quantitative estimate of drug-likeness (QED) is 0.533. The molecule has 1 aliphatic heterocycles. The molecule has 0 aromatic heterocycles. The van der Waals surface area contributed by atoms with Crippen molar-refractivity contribution in [2.24, 2.45) is 17.3 Å². The maximum atomic E-state index is 12.6. The van der Waals surface area contributed by atoms with Crippen molar-refractivity contribution < 1.29 is 14.6 Å². The Morgan fingerprint density at radius 3 is 2.63 bits per heavy atom. The number of carbonyl (C=O) groups excluding carboxylic acids is 1. The minimum atomic E-state index is -0.447. The van der Waals surface area contributed by atoms with E-state index in [0.717, 1.165) is 50.9 Å². The second-order valence-corrected chi connectivity index (χ2v) is 11.5. The van der Waals surface area contributed by atoms with Crippen LogP contribution in [0, 0.1) is 17.3 Å². The highest BCUT2D eigenvalue weighted by Crippen LogP contribution is 2.60. The Hall–Kier alpha value is -2.53. The Labute approximate surface area is 208 Å². The molecule has 3 aliphatic carbocycles. The van der Waals surface area contributed by atoms with Gasteiger partial charge in [-0.2, -0.15) is 0 Å². The third-order valence-corrected chi connectivity index (χ3v) is 9.69. The van der Waals surface area contributed by atoms with Gasteiger partial charge in [0.1, 0.15) is 5.75 Å². The summed E-state index contributed by atoms with van der Waals surface area (Å²) in [4.78, 5) is 15.0. The van der Waals surface area contributed by atoms with Crippen molar-refractivity contribution >= 4 is 17.5 Å². The number of hydrogen-bond donors (Lipinski definition) is 2. The molecule has 0 spiro atoms. The number of hydrogen-bond acceptors (Lipinski definition) is 4. The number of carbonyl (C=O) groups is 1. The predicted molar refractivity (Wildman–Crippen MR) is 139 cm³/mol. The van der Waals surface area contributed by atoms with Crippen LogP contribution in [0.15, 0.2) is 42.5 Å². The maximum Gasteiger partial charge on any atom is 0.417 e. The summed E-state index contributed by atoms with van der Waals surface area (Å²) in [5.41, 5.74) is 4.83. The molecule has 0 radical (unpaired) electrons. The van der Waals surface area contributed by atoms with Gasteiger partial charge in [0.25, 0.3) is 0 Å². The normalized spacial score (nSPS) is 31.8. The van der Waals surface area contributed by atoms with Crippen LogP contribution in [0.3, 0.4) is 0 Å². The molecule has 2 aromatic carbocycles. The van der Waals surface area contributed by atoms with Crippen LogP contribution in [-0.4, -0.2) is 30.4 Å². The Morgan fingerprint density at radius 2 is 1.83 bits per heavy atom. The maximum absolute atomic E-state index is 12.6. The smallest absolute Gasteiger partial charge is 0.410 e. The molecule has 5 nitrogen and oxygen atoms in total. The van der Waals surface area contributed by atoms with Crippen molar-refractivity contribution in [3.05, 3.63) is 53.6 Å². The second kappa shape index (κ2) is 9.16. The molecule has 186 valence electrons. The first-order valence-corrected chi connectivity index (χ1v) is 13.7. The van der Waals surface area contributed by atoms with E-state index in [0.29, 0.717) is 23.5 Å². The average Bonchev–Trinajstić information content (AvgIpc) is 3.19. The highest BCUT2D eigenvalue weighted by molar-refractivity contribution is 5.86. The highest BCUT2D eigenvalue weighted by atomic mass is 16.6. The number of nitrogens with zero attached hydrogens (tertiary/aromatic N) is 1. The lowest BCUT2D eigenvalue weighted by atomic mass is 9.55. The van der Waals surface area contributed by atoms with Gasteiger partial charge >= 0.3 is 6.09 Å². The zero-order valence-corrected chi connectivity index (χ0v) is 20.8. The largest absolute Gasteiger partial charge is 0.417 e. The minimum Gasteiger partial charge on any atom is -0.410 e. The molecule has 5 unspecified atom stereocenters. The third-order valence-electron chi connectivity index (χ3n) is 9.69. The van der Waals surface area contributed by atoms with Crippen molar-refractivity contribution in [3.8, 4) is 5.75 Å². The molecule has 5 atom stereocenters. The van der Waals surface area contributed by atoms with Crippen LogP contribution in [0.4, 0.5) is 16.2 Å². The third kappa shape index (κ3) is 4.22. The summed E-state index contributed by atoms with van der Waals surface area (Å²) in [6.45, 7) is 4.53. The first kappa shape index (κ1) is 22.9. The van der Waals surface area contributed by atoms with Crippen LogP contribution in [0.2, 0.25) is 0 Å². The molecule has 3 fully saturated rings. The summed E-state index contributed by atoms with van der Waals surface area (Å²) in [5.74, 6) is 2.48. The number of aryl methyl sites for hydroxylation is 1. The fourth-order valence-electron chi connectivity index (χ4n) is 7.75. The Kier molecular flexibility index (Phi) is 6.00. The van der Waals surface area contributed by atoms with E-state index in [1.165, 1.54) is 42.5 Å². The molecule has 5 heteroatoms. The SMILES string of the molecule is CC12CCC3c4ccc(OC(=O)Nc5ccc(N6CCCCC6)cc5)cc4CCC3C1CCC2O. The predicted octanol–water partition coefficient (Wildman–Crippen LogP) is 6.50. The van der Waals surface area contributed by atoms with Gasteiger partial charge in [0.2, 0.25) is 0 Å². The standard InChI is InChI=1S/C30H38N2O3/c1-30-16-15-25-24-12-10-23(19-20(24)5-11-26(25)27(30)13-14-28(30)33)35-29(34)31-21-6-8-22(9-7-21)32-17-3-2-4-18-32/h6-10,12,19,25-28,33H,2-5,11,13-18H2,1H3,(H,31,34). The summed E-state index contributed by atoms with van der Waals surface area (Å²) in [5, 5.41) is 13.5. The molecule has 0 bridgehead atoms. The Bertz CT molecular complexity index is 1080. The first-order valence-electron chi connectivity index (χ1n) is 13.7. The molecule has 35 heavy (non-hydrogen) atoms. The van der Waals surface area contributed by atoms with Gasteiger partial charge in [0, 0.05) is 24.5 Å². The highest BCUT2D eigenvalue weighted by Gasteiger charge is 2.54. The molecule has 1 amide bonds. The second-order valence-electron chi connectivity index (χ2n) is 11.5. The number of ether oxygens (including phenoxy) is 1. The van der Waals surface area contributed by atoms with Crippen molar-refractivity contribution in [3.63, 3.8) is 0 Å². The summed E-state index contributed by atoms with van der Waals surface area (Å²) >= 11 is 0. The molecule has 1 saturated heterocycles. The van der Waals surface area contributed by atoms with Crippen LogP contribution in [0.1, 0.15) is 75.3 Å². The zero-order chi connectivity index (χ0) is 24.0. The first-order chi connectivity index (χ1) is 17.0. The monoisotopic (exact) mass is 474 g/mol. The van der Waals surface area contributed by atoms with E-state index in [1.807, 2.05) is 18.2 Å². The van der Waals surface area contributed by atoms with Crippen molar-refractivity contribution in [1.82, 2.24) is 0 Å². The van der Waals surface area contributed by atoms with Crippen LogP contribution >= 0.6 is 0 Å². The summed E-state index contributed by atoms with van der Waals surface area (Å²) in [6, 6.07) is 14.3. The molecule has 2 N–H and O–H groups in total. The number of benzene rings is 2. The Balaban J connectivity index is 1.10. The van der Waals surface area contributed by atoms with Crippen LogP contribution < -0.4 is 15.0 Å². The number of nitrogens with one attached hydrogen (secondary N) is 1. The number of amides is 1.